The van der Waals surface area contributed by atoms with Crippen molar-refractivity contribution < 1.29 is 4.79 Å². The number of Topliss-reactive ketones (excluding diaryl/α,β-unsaturated/α-hetero) is 1. The molecule has 4 saturated carbocycles. The molecular formula is C23H25N3O. The van der Waals surface area contributed by atoms with Gasteiger partial charge in [-0.05, 0) is 78.7 Å². The van der Waals surface area contributed by atoms with Crippen LogP contribution in [0.2, 0.25) is 0 Å². The fourth-order valence-electron chi connectivity index (χ4n) is 6.88. The molecule has 7 rings (SSSR count). The average molecular weight is 359 g/mol. The molecule has 0 aromatic heterocycles. The minimum absolute atomic E-state index is 0.0399. The van der Waals surface area contributed by atoms with E-state index in [1.807, 2.05) is 18.2 Å². The lowest BCUT2D eigenvalue weighted by Gasteiger charge is -2.54. The highest BCUT2D eigenvalue weighted by atomic mass is 16.1. The van der Waals surface area contributed by atoms with Crippen LogP contribution in [0.4, 0.5) is 5.69 Å². The molecule has 0 aliphatic heterocycles. The third-order valence-electron chi connectivity index (χ3n) is 7.39. The van der Waals surface area contributed by atoms with E-state index in [1.165, 1.54) is 38.5 Å². The van der Waals surface area contributed by atoms with E-state index in [0.717, 1.165) is 45.3 Å². The summed E-state index contributed by atoms with van der Waals surface area (Å²) in [7, 11) is 0. The van der Waals surface area contributed by atoms with Crippen molar-refractivity contribution in [2.24, 2.45) is 28.5 Å². The summed E-state index contributed by atoms with van der Waals surface area (Å²) in [6, 6.07) is 10.2. The molecule has 5 aliphatic rings. The van der Waals surface area contributed by atoms with Gasteiger partial charge in [0.05, 0.1) is 11.2 Å². The maximum atomic E-state index is 12.6. The number of aliphatic imine (C=N–C) groups is 1. The van der Waals surface area contributed by atoms with Crippen molar-refractivity contribution in [2.45, 2.75) is 50.5 Å². The first-order chi connectivity index (χ1) is 13.1. The third-order valence-corrected chi connectivity index (χ3v) is 7.39. The Hall–Kier alpha value is -2.36. The van der Waals surface area contributed by atoms with Crippen LogP contribution in [0.15, 0.2) is 35.3 Å². The lowest BCUT2D eigenvalue weighted by Crippen LogP contribution is -2.50. The zero-order chi connectivity index (χ0) is 18.2. The SMILES string of the molecule is NC(=NC12CC3CC(CC(C3)C1)C2)Nc1ccc2cccc3c2c1C(=O)C3. The first kappa shape index (κ1) is 15.7. The van der Waals surface area contributed by atoms with Gasteiger partial charge in [0.1, 0.15) is 0 Å². The number of rotatable bonds is 2. The normalized spacial score (nSPS) is 33.9. The summed E-state index contributed by atoms with van der Waals surface area (Å²) < 4.78 is 0. The zero-order valence-corrected chi connectivity index (χ0v) is 15.5. The number of nitrogens with two attached hydrogens (primary N) is 1. The van der Waals surface area contributed by atoms with Gasteiger partial charge < -0.3 is 11.1 Å². The Bertz CT molecular complexity index is 971. The van der Waals surface area contributed by atoms with Gasteiger partial charge in [-0.15, -0.1) is 0 Å². The molecule has 2 aromatic rings. The molecule has 0 atom stereocenters. The number of carbonyl (C=O) groups excluding carboxylic acids is 1. The lowest BCUT2D eigenvalue weighted by atomic mass is 9.53. The van der Waals surface area contributed by atoms with E-state index in [4.69, 9.17) is 10.7 Å². The molecule has 27 heavy (non-hydrogen) atoms. The molecule has 4 heteroatoms. The number of benzene rings is 2. The van der Waals surface area contributed by atoms with Crippen LogP contribution in [-0.4, -0.2) is 17.3 Å². The van der Waals surface area contributed by atoms with Crippen LogP contribution < -0.4 is 11.1 Å². The van der Waals surface area contributed by atoms with Crippen molar-refractivity contribution in [1.29, 1.82) is 0 Å². The summed E-state index contributed by atoms with van der Waals surface area (Å²) in [5, 5.41) is 5.50. The molecule has 0 amide bonds. The molecule has 4 nitrogen and oxygen atoms in total. The first-order valence-electron chi connectivity index (χ1n) is 10.3. The summed E-state index contributed by atoms with van der Waals surface area (Å²) in [5.41, 5.74) is 9.14. The Morgan fingerprint density at radius 2 is 1.74 bits per heavy atom. The number of carbonyl (C=O) groups is 1. The zero-order valence-electron chi connectivity index (χ0n) is 15.5. The van der Waals surface area contributed by atoms with Crippen LogP contribution in [0.1, 0.15) is 54.4 Å². The summed E-state index contributed by atoms with van der Waals surface area (Å²) >= 11 is 0. The standard InChI is InChI=1S/C23H25N3O/c24-22(26-23-10-13-6-14(11-23)8-15(7-13)12-23)25-18-5-4-16-2-1-3-17-9-19(27)21(18)20(16)17/h1-5,13-15H,6-12H2,(H3,24,25,26). The van der Waals surface area contributed by atoms with E-state index < -0.39 is 0 Å². The predicted molar refractivity (Wildman–Crippen MR) is 108 cm³/mol. The molecule has 2 aromatic carbocycles. The van der Waals surface area contributed by atoms with E-state index in [-0.39, 0.29) is 11.3 Å². The van der Waals surface area contributed by atoms with Gasteiger partial charge in [-0.2, -0.15) is 0 Å². The number of ketones is 1. The molecular weight excluding hydrogens is 334 g/mol. The predicted octanol–water partition coefficient (Wildman–Crippen LogP) is 4.27. The van der Waals surface area contributed by atoms with Crippen molar-refractivity contribution in [1.82, 2.24) is 0 Å². The Morgan fingerprint density at radius 1 is 1.04 bits per heavy atom. The highest BCUT2D eigenvalue weighted by Crippen LogP contribution is 2.57. The van der Waals surface area contributed by atoms with Crippen LogP contribution >= 0.6 is 0 Å². The van der Waals surface area contributed by atoms with Crippen LogP contribution in [0.5, 0.6) is 0 Å². The topological polar surface area (TPSA) is 67.5 Å². The van der Waals surface area contributed by atoms with Crippen LogP contribution in [0, 0.1) is 17.8 Å². The minimum atomic E-state index is 0.0399. The fraction of sp³-hybridized carbons (Fsp3) is 0.478. The summed E-state index contributed by atoms with van der Waals surface area (Å²) in [5.74, 6) is 3.18. The van der Waals surface area contributed by atoms with Crippen molar-refractivity contribution in [2.75, 3.05) is 5.32 Å². The number of hydrogen-bond acceptors (Lipinski definition) is 2. The maximum absolute atomic E-state index is 12.6. The second-order valence-electron chi connectivity index (χ2n) is 9.37. The summed E-state index contributed by atoms with van der Waals surface area (Å²) in [6.07, 6.45) is 8.24. The highest BCUT2D eigenvalue weighted by Gasteiger charge is 2.51. The molecule has 4 bridgehead atoms. The molecule has 138 valence electrons. The van der Waals surface area contributed by atoms with Crippen molar-refractivity contribution in [3.05, 3.63) is 41.5 Å². The second kappa shape index (κ2) is 5.34. The Balaban J connectivity index is 1.35. The number of nitrogens with one attached hydrogen (secondary N) is 1. The van der Waals surface area contributed by atoms with Gasteiger partial charge in [0, 0.05) is 12.0 Å². The summed E-state index contributed by atoms with van der Waals surface area (Å²) in [6.45, 7) is 0. The number of nitrogens with zero attached hydrogens (tertiary/aromatic N) is 1. The lowest BCUT2D eigenvalue weighted by molar-refractivity contribution is 0.00163. The molecule has 0 radical (unpaired) electrons. The fourth-order valence-corrected chi connectivity index (χ4v) is 6.88. The van der Waals surface area contributed by atoms with E-state index in [0.29, 0.717) is 12.4 Å². The van der Waals surface area contributed by atoms with Crippen LogP contribution in [-0.2, 0) is 6.42 Å². The van der Waals surface area contributed by atoms with Crippen LogP contribution in [0.3, 0.4) is 0 Å². The van der Waals surface area contributed by atoms with Gasteiger partial charge in [-0.3, -0.25) is 4.79 Å². The molecule has 0 saturated heterocycles. The molecule has 0 heterocycles. The summed E-state index contributed by atoms with van der Waals surface area (Å²) in [4.78, 5) is 17.7. The number of guanidine groups is 1. The van der Waals surface area contributed by atoms with E-state index in [9.17, 15) is 4.79 Å². The number of anilines is 1. The molecule has 4 fully saturated rings. The molecule has 0 spiro atoms. The van der Waals surface area contributed by atoms with Crippen molar-refractivity contribution in [3.8, 4) is 0 Å². The smallest absolute Gasteiger partial charge is 0.193 e. The Kier molecular flexibility index (Phi) is 3.10. The van der Waals surface area contributed by atoms with E-state index in [1.54, 1.807) is 0 Å². The average Bonchev–Trinajstić information content (AvgIpc) is 2.94. The van der Waals surface area contributed by atoms with Gasteiger partial charge >= 0.3 is 0 Å². The van der Waals surface area contributed by atoms with Gasteiger partial charge in [0.2, 0.25) is 0 Å². The number of hydrogen-bond donors (Lipinski definition) is 2. The maximum Gasteiger partial charge on any atom is 0.193 e. The van der Waals surface area contributed by atoms with E-state index >= 15 is 0 Å². The monoisotopic (exact) mass is 359 g/mol. The van der Waals surface area contributed by atoms with Crippen molar-refractivity contribution in [3.63, 3.8) is 0 Å². The quantitative estimate of drug-likeness (QED) is 0.621. The molecule has 3 N–H and O–H groups in total. The van der Waals surface area contributed by atoms with Gasteiger partial charge in [0.25, 0.3) is 0 Å². The highest BCUT2D eigenvalue weighted by molar-refractivity contribution is 6.20. The second-order valence-corrected chi connectivity index (χ2v) is 9.37. The van der Waals surface area contributed by atoms with Crippen molar-refractivity contribution >= 4 is 28.2 Å². The third kappa shape index (κ3) is 2.35. The minimum Gasteiger partial charge on any atom is -0.370 e. The molecule has 5 aliphatic carbocycles. The van der Waals surface area contributed by atoms with Crippen LogP contribution in [0.25, 0.3) is 10.8 Å². The molecule has 0 unspecified atom stereocenters. The van der Waals surface area contributed by atoms with Gasteiger partial charge in [-0.25, -0.2) is 4.99 Å². The largest absolute Gasteiger partial charge is 0.370 e. The Labute approximate surface area is 159 Å². The van der Waals surface area contributed by atoms with Gasteiger partial charge in [0.15, 0.2) is 11.7 Å². The van der Waals surface area contributed by atoms with E-state index in [2.05, 4.69) is 17.4 Å². The first-order valence-corrected chi connectivity index (χ1v) is 10.3. The van der Waals surface area contributed by atoms with Gasteiger partial charge in [-0.1, -0.05) is 24.3 Å². The Morgan fingerprint density at radius 3 is 2.44 bits per heavy atom.